The smallest absolute Gasteiger partial charge is 0.427 e. The second kappa shape index (κ2) is 2.44. The average molecular weight is 148 g/mol. The Hall–Kier alpha value is -0.800. The summed E-state index contributed by atoms with van der Waals surface area (Å²) in [5.74, 6) is -1.86. The van der Waals surface area contributed by atoms with E-state index in [2.05, 4.69) is 9.47 Å². The van der Waals surface area contributed by atoms with Gasteiger partial charge in [-0.15, -0.1) is 0 Å². The lowest BCUT2D eigenvalue weighted by Crippen LogP contribution is -2.24. The maximum Gasteiger partial charge on any atom is 0.511 e. The van der Waals surface area contributed by atoms with Gasteiger partial charge in [0.1, 0.15) is 0 Å². The molecule has 1 rings (SSSR count). The summed E-state index contributed by atoms with van der Waals surface area (Å²) in [5.41, 5.74) is 0. The molecule has 0 radical (unpaired) electrons. The van der Waals surface area contributed by atoms with Gasteiger partial charge in [0, 0.05) is 6.42 Å². The van der Waals surface area contributed by atoms with Gasteiger partial charge < -0.3 is 9.47 Å². The van der Waals surface area contributed by atoms with E-state index in [1.54, 1.807) is 0 Å². The third-order valence-electron chi connectivity index (χ3n) is 1.30. The third kappa shape index (κ3) is 1.37. The molecule has 1 fully saturated rings. The van der Waals surface area contributed by atoms with Crippen molar-refractivity contribution in [2.75, 3.05) is 6.61 Å². The molecule has 4 heteroatoms. The van der Waals surface area contributed by atoms with E-state index in [0.717, 1.165) is 0 Å². The molecular weight excluding hydrogens is 139 g/mol. The quantitative estimate of drug-likeness (QED) is 0.558. The lowest BCUT2D eigenvalue weighted by atomic mass is 10.2. The minimum absolute atomic E-state index is 0.207. The molecule has 0 aromatic rings. The van der Waals surface area contributed by atoms with Crippen LogP contribution in [-0.2, 0) is 9.47 Å². The summed E-state index contributed by atoms with van der Waals surface area (Å²) in [6.45, 7) is 1.55. The SMILES string of the molecule is CCCC1(F)COC(=O)O1. The van der Waals surface area contributed by atoms with E-state index in [4.69, 9.17) is 0 Å². The molecule has 58 valence electrons. The first-order chi connectivity index (χ1) is 4.66. The minimum atomic E-state index is -1.86. The topological polar surface area (TPSA) is 35.5 Å². The fraction of sp³-hybridized carbons (Fsp3) is 0.833. The van der Waals surface area contributed by atoms with Gasteiger partial charge in [0.05, 0.1) is 0 Å². The number of hydrogen-bond acceptors (Lipinski definition) is 3. The van der Waals surface area contributed by atoms with Crippen molar-refractivity contribution in [3.05, 3.63) is 0 Å². The van der Waals surface area contributed by atoms with Gasteiger partial charge >= 0.3 is 6.16 Å². The summed E-state index contributed by atoms with van der Waals surface area (Å²) in [6, 6.07) is 0. The van der Waals surface area contributed by atoms with Crippen LogP contribution in [0.15, 0.2) is 0 Å². The normalized spacial score (nSPS) is 31.6. The van der Waals surface area contributed by atoms with Gasteiger partial charge in [-0.05, 0) is 6.42 Å². The van der Waals surface area contributed by atoms with E-state index in [9.17, 15) is 9.18 Å². The molecule has 0 bridgehead atoms. The van der Waals surface area contributed by atoms with Gasteiger partial charge in [0.25, 0.3) is 5.85 Å². The van der Waals surface area contributed by atoms with Crippen molar-refractivity contribution in [2.45, 2.75) is 25.6 Å². The lowest BCUT2D eigenvalue weighted by Gasteiger charge is -2.12. The highest BCUT2D eigenvalue weighted by molar-refractivity contribution is 5.62. The second-order valence-electron chi connectivity index (χ2n) is 2.27. The first kappa shape index (κ1) is 7.31. The zero-order valence-corrected chi connectivity index (χ0v) is 5.72. The van der Waals surface area contributed by atoms with E-state index in [0.29, 0.717) is 6.42 Å². The van der Waals surface area contributed by atoms with Crippen molar-refractivity contribution in [3.63, 3.8) is 0 Å². The molecule has 0 N–H and O–H groups in total. The van der Waals surface area contributed by atoms with E-state index in [1.165, 1.54) is 0 Å². The summed E-state index contributed by atoms with van der Waals surface area (Å²) < 4.78 is 21.5. The molecular formula is C6H9FO3. The van der Waals surface area contributed by atoms with Gasteiger partial charge in [-0.3, -0.25) is 0 Å². The van der Waals surface area contributed by atoms with Crippen molar-refractivity contribution in [1.82, 2.24) is 0 Å². The summed E-state index contributed by atoms with van der Waals surface area (Å²) in [5, 5.41) is 0. The number of rotatable bonds is 2. The van der Waals surface area contributed by atoms with Gasteiger partial charge in [-0.25, -0.2) is 4.79 Å². The number of carbonyl (C=O) groups is 1. The number of alkyl halides is 1. The van der Waals surface area contributed by atoms with Crippen LogP contribution in [0.5, 0.6) is 0 Å². The highest BCUT2D eigenvalue weighted by atomic mass is 19.2. The van der Waals surface area contributed by atoms with E-state index >= 15 is 0 Å². The molecule has 0 saturated carbocycles. The Morgan fingerprint density at radius 3 is 2.90 bits per heavy atom. The summed E-state index contributed by atoms with van der Waals surface area (Å²) in [7, 11) is 0. The molecule has 1 saturated heterocycles. The molecule has 1 aliphatic rings. The van der Waals surface area contributed by atoms with Crippen LogP contribution in [0.4, 0.5) is 9.18 Å². The number of carbonyl (C=O) groups excluding carboxylic acids is 1. The predicted octanol–water partition coefficient (Wildman–Crippen LogP) is 1.62. The van der Waals surface area contributed by atoms with E-state index in [1.807, 2.05) is 6.92 Å². The largest absolute Gasteiger partial charge is 0.511 e. The maximum atomic E-state index is 13.0. The van der Waals surface area contributed by atoms with Crippen LogP contribution in [0.25, 0.3) is 0 Å². The predicted molar refractivity (Wildman–Crippen MR) is 31.2 cm³/mol. The second-order valence-corrected chi connectivity index (χ2v) is 2.27. The standard InChI is InChI=1S/C6H9FO3/c1-2-3-6(7)4-9-5(8)10-6/h2-4H2,1H3. The Kier molecular flexibility index (Phi) is 1.78. The molecule has 0 aliphatic carbocycles. The zero-order valence-electron chi connectivity index (χ0n) is 5.72. The van der Waals surface area contributed by atoms with Gasteiger partial charge in [0.2, 0.25) is 0 Å². The molecule has 0 aromatic heterocycles. The molecule has 10 heavy (non-hydrogen) atoms. The Morgan fingerprint density at radius 1 is 1.80 bits per heavy atom. The first-order valence-corrected chi connectivity index (χ1v) is 3.21. The van der Waals surface area contributed by atoms with Crippen LogP contribution in [0.1, 0.15) is 19.8 Å². The van der Waals surface area contributed by atoms with Gasteiger partial charge in [-0.2, -0.15) is 4.39 Å². The molecule has 1 atom stereocenters. The average Bonchev–Trinajstić information content (AvgIpc) is 2.12. The lowest BCUT2D eigenvalue weighted by molar-refractivity contribution is -0.0664. The van der Waals surface area contributed by atoms with E-state index in [-0.39, 0.29) is 13.0 Å². The van der Waals surface area contributed by atoms with Crippen molar-refractivity contribution in [3.8, 4) is 0 Å². The molecule has 0 aromatic carbocycles. The Bertz CT molecular complexity index is 148. The minimum Gasteiger partial charge on any atom is -0.427 e. The molecule has 3 nitrogen and oxygen atoms in total. The van der Waals surface area contributed by atoms with Crippen molar-refractivity contribution in [2.24, 2.45) is 0 Å². The molecule has 1 heterocycles. The highest BCUT2D eigenvalue weighted by Gasteiger charge is 2.41. The fourth-order valence-corrected chi connectivity index (χ4v) is 0.872. The summed E-state index contributed by atoms with van der Waals surface area (Å²) >= 11 is 0. The van der Waals surface area contributed by atoms with Crippen LogP contribution >= 0.6 is 0 Å². The first-order valence-electron chi connectivity index (χ1n) is 3.21. The monoisotopic (exact) mass is 148 g/mol. The van der Waals surface area contributed by atoms with Crippen LogP contribution in [0, 0.1) is 0 Å². The zero-order chi connectivity index (χ0) is 7.61. The molecule has 1 unspecified atom stereocenters. The van der Waals surface area contributed by atoms with Crippen molar-refractivity contribution >= 4 is 6.16 Å². The van der Waals surface area contributed by atoms with Crippen LogP contribution in [0.2, 0.25) is 0 Å². The van der Waals surface area contributed by atoms with Crippen LogP contribution in [0.3, 0.4) is 0 Å². The molecule has 0 amide bonds. The van der Waals surface area contributed by atoms with Gasteiger partial charge in [0.15, 0.2) is 6.61 Å². The molecule has 0 spiro atoms. The summed E-state index contributed by atoms with van der Waals surface area (Å²) in [4.78, 5) is 10.2. The van der Waals surface area contributed by atoms with Crippen LogP contribution < -0.4 is 0 Å². The summed E-state index contributed by atoms with van der Waals surface area (Å²) in [6.07, 6.45) is -0.0674. The van der Waals surface area contributed by atoms with Crippen molar-refractivity contribution < 1.29 is 18.7 Å². The third-order valence-corrected chi connectivity index (χ3v) is 1.30. The van der Waals surface area contributed by atoms with Crippen molar-refractivity contribution in [1.29, 1.82) is 0 Å². The number of cyclic esters (lactones) is 2. The highest BCUT2D eigenvalue weighted by Crippen LogP contribution is 2.26. The number of hydrogen-bond donors (Lipinski definition) is 0. The number of ether oxygens (including phenoxy) is 2. The fourth-order valence-electron chi connectivity index (χ4n) is 0.872. The Balaban J connectivity index is 2.46. The number of halogens is 1. The Morgan fingerprint density at radius 2 is 2.50 bits per heavy atom. The maximum absolute atomic E-state index is 13.0. The van der Waals surface area contributed by atoms with Gasteiger partial charge in [-0.1, -0.05) is 6.92 Å². The van der Waals surface area contributed by atoms with E-state index < -0.39 is 12.0 Å². The molecule has 1 aliphatic heterocycles. The van der Waals surface area contributed by atoms with Crippen LogP contribution in [-0.4, -0.2) is 18.6 Å². The Labute approximate surface area is 58.1 Å².